The summed E-state index contributed by atoms with van der Waals surface area (Å²) >= 11 is 14.8. The maximum Gasteiger partial charge on any atom is 0.0451 e. The number of hydrogen-bond acceptors (Lipinski definition) is 2. The molecule has 154 valence electrons. The van der Waals surface area contributed by atoms with Crippen molar-refractivity contribution < 1.29 is 0 Å². The zero-order valence-corrected chi connectivity index (χ0v) is 19.7. The Bertz CT molecular complexity index is 1170. The van der Waals surface area contributed by atoms with E-state index in [0.717, 1.165) is 23.1 Å². The third-order valence-corrected chi connectivity index (χ3v) is 7.88. The summed E-state index contributed by atoms with van der Waals surface area (Å²) in [5.41, 5.74) is 3.95. The quantitative estimate of drug-likeness (QED) is 0.289. The molecule has 0 N–H and O–H groups in total. The van der Waals surface area contributed by atoms with Crippen molar-refractivity contribution in [2.75, 3.05) is 0 Å². The third kappa shape index (κ3) is 3.88. The van der Waals surface area contributed by atoms with Gasteiger partial charge in [-0.05, 0) is 53.3 Å². The van der Waals surface area contributed by atoms with Crippen molar-refractivity contribution in [1.82, 2.24) is 4.90 Å². The summed E-state index contributed by atoms with van der Waals surface area (Å²) in [7, 11) is 0. The Kier molecular flexibility index (Phi) is 6.43. The number of halogens is 3. The van der Waals surface area contributed by atoms with Crippen LogP contribution < -0.4 is 0 Å². The lowest BCUT2D eigenvalue weighted by molar-refractivity contribution is 0.163. The van der Waals surface area contributed by atoms with E-state index in [-0.39, 0.29) is 12.4 Å². The summed E-state index contributed by atoms with van der Waals surface area (Å²) < 4.78 is 1.31. The summed E-state index contributed by atoms with van der Waals surface area (Å²) in [6, 6.07) is 25.7. The summed E-state index contributed by atoms with van der Waals surface area (Å²) in [5.74, 6) is 0.332. The molecule has 3 aromatic carbocycles. The molecular formula is C25H22Cl3NS. The molecule has 30 heavy (non-hydrogen) atoms. The molecule has 1 aromatic heterocycles. The number of rotatable bonds is 3. The summed E-state index contributed by atoms with van der Waals surface area (Å²) in [4.78, 5) is 4.02. The van der Waals surface area contributed by atoms with Crippen LogP contribution in [0.1, 0.15) is 34.4 Å². The van der Waals surface area contributed by atoms with Crippen LogP contribution in [0.3, 0.4) is 0 Å². The van der Waals surface area contributed by atoms with Gasteiger partial charge in [-0.1, -0.05) is 71.7 Å². The van der Waals surface area contributed by atoms with E-state index in [1.54, 1.807) is 0 Å². The van der Waals surface area contributed by atoms with Crippen LogP contribution in [-0.2, 0) is 13.1 Å². The number of benzene rings is 3. The van der Waals surface area contributed by atoms with Crippen molar-refractivity contribution in [3.8, 4) is 0 Å². The molecule has 5 heteroatoms. The minimum absolute atomic E-state index is 0. The van der Waals surface area contributed by atoms with Gasteiger partial charge in [0.1, 0.15) is 0 Å². The second-order valence-electron chi connectivity index (χ2n) is 7.71. The van der Waals surface area contributed by atoms with E-state index in [9.17, 15) is 0 Å². The summed E-state index contributed by atoms with van der Waals surface area (Å²) in [5, 5.41) is 2.92. The van der Waals surface area contributed by atoms with Crippen LogP contribution in [-0.4, -0.2) is 10.9 Å². The fourth-order valence-corrected chi connectivity index (χ4v) is 6.26. The lowest BCUT2D eigenvalue weighted by atomic mass is 9.84. The molecule has 0 bridgehead atoms. The SMILES string of the molecule is CC1C(c2ccccc2)c2sc3ccc(Cl)cc3c2CN1Cc1ccccc1Cl.Cl. The molecule has 0 radical (unpaired) electrons. The van der Waals surface area contributed by atoms with E-state index in [0.29, 0.717) is 12.0 Å². The Balaban J connectivity index is 0.00000218. The molecule has 1 aliphatic rings. The summed E-state index contributed by atoms with van der Waals surface area (Å²) in [6.07, 6.45) is 0. The molecule has 0 amide bonds. The Morgan fingerprint density at radius 3 is 2.47 bits per heavy atom. The monoisotopic (exact) mass is 473 g/mol. The molecule has 1 nitrogen and oxygen atoms in total. The lowest BCUT2D eigenvalue weighted by Gasteiger charge is -2.40. The molecule has 2 heterocycles. The first-order valence-electron chi connectivity index (χ1n) is 9.85. The lowest BCUT2D eigenvalue weighted by Crippen LogP contribution is -2.40. The molecule has 1 aliphatic heterocycles. The molecule has 2 unspecified atom stereocenters. The molecule has 2 atom stereocenters. The van der Waals surface area contributed by atoms with Gasteiger partial charge in [0.25, 0.3) is 0 Å². The van der Waals surface area contributed by atoms with Crippen molar-refractivity contribution >= 4 is 57.0 Å². The van der Waals surface area contributed by atoms with E-state index in [4.69, 9.17) is 23.2 Å². The van der Waals surface area contributed by atoms with Crippen LogP contribution in [0.5, 0.6) is 0 Å². The van der Waals surface area contributed by atoms with E-state index in [1.165, 1.54) is 31.7 Å². The van der Waals surface area contributed by atoms with Gasteiger partial charge in [-0.15, -0.1) is 23.7 Å². The van der Waals surface area contributed by atoms with Gasteiger partial charge in [-0.3, -0.25) is 4.90 Å². The first kappa shape index (κ1) is 21.7. The van der Waals surface area contributed by atoms with Crippen molar-refractivity contribution in [3.05, 3.63) is 104 Å². The zero-order valence-electron chi connectivity index (χ0n) is 16.5. The first-order chi connectivity index (χ1) is 14.1. The molecule has 0 spiro atoms. The molecule has 0 aliphatic carbocycles. The second kappa shape index (κ2) is 8.90. The number of nitrogens with zero attached hydrogens (tertiary/aromatic N) is 1. The molecule has 5 rings (SSSR count). The van der Waals surface area contributed by atoms with E-state index < -0.39 is 0 Å². The maximum atomic E-state index is 6.50. The minimum atomic E-state index is 0. The van der Waals surface area contributed by atoms with Gasteiger partial charge in [-0.2, -0.15) is 0 Å². The van der Waals surface area contributed by atoms with Crippen LogP contribution in [0.4, 0.5) is 0 Å². The average Bonchev–Trinajstić information content (AvgIpc) is 3.08. The number of fused-ring (bicyclic) bond motifs is 3. The average molecular weight is 475 g/mol. The fraction of sp³-hybridized carbons (Fsp3) is 0.200. The highest BCUT2D eigenvalue weighted by molar-refractivity contribution is 7.19. The van der Waals surface area contributed by atoms with Gasteiger partial charge in [-0.25, -0.2) is 0 Å². The fourth-order valence-electron chi connectivity index (χ4n) is 4.47. The van der Waals surface area contributed by atoms with Crippen LogP contribution in [0.25, 0.3) is 10.1 Å². The van der Waals surface area contributed by atoms with Crippen molar-refractivity contribution in [2.24, 2.45) is 0 Å². The number of thiophene rings is 1. The van der Waals surface area contributed by atoms with E-state index in [2.05, 4.69) is 66.4 Å². The van der Waals surface area contributed by atoms with E-state index in [1.807, 2.05) is 29.5 Å². The van der Waals surface area contributed by atoms with Gasteiger partial charge >= 0.3 is 0 Å². The van der Waals surface area contributed by atoms with E-state index >= 15 is 0 Å². The molecule has 0 saturated heterocycles. The van der Waals surface area contributed by atoms with Gasteiger partial charge < -0.3 is 0 Å². The second-order valence-corrected chi connectivity index (χ2v) is 9.64. The highest BCUT2D eigenvalue weighted by Crippen LogP contribution is 2.46. The van der Waals surface area contributed by atoms with Gasteiger partial charge in [0.05, 0.1) is 0 Å². The molecule has 4 aromatic rings. The van der Waals surface area contributed by atoms with Crippen LogP contribution in [0.15, 0.2) is 72.8 Å². The highest BCUT2D eigenvalue weighted by Gasteiger charge is 2.36. The van der Waals surface area contributed by atoms with Crippen molar-refractivity contribution in [3.63, 3.8) is 0 Å². The predicted octanol–water partition coefficient (Wildman–Crippen LogP) is 8.17. The van der Waals surface area contributed by atoms with Gasteiger partial charge in [0, 0.05) is 44.7 Å². The smallest absolute Gasteiger partial charge is 0.0451 e. The minimum Gasteiger partial charge on any atom is -0.291 e. The molecule has 0 saturated carbocycles. The Morgan fingerprint density at radius 2 is 1.70 bits per heavy atom. The maximum absolute atomic E-state index is 6.50. The van der Waals surface area contributed by atoms with Gasteiger partial charge in [0.2, 0.25) is 0 Å². The zero-order chi connectivity index (χ0) is 20.0. The normalized spacial score (nSPS) is 18.8. The van der Waals surface area contributed by atoms with Crippen LogP contribution in [0, 0.1) is 0 Å². The number of hydrogen-bond donors (Lipinski definition) is 0. The molecule has 0 fully saturated rings. The van der Waals surface area contributed by atoms with Crippen LogP contribution in [0.2, 0.25) is 10.0 Å². The molecular weight excluding hydrogens is 453 g/mol. The van der Waals surface area contributed by atoms with Crippen molar-refractivity contribution in [1.29, 1.82) is 0 Å². The summed E-state index contributed by atoms with van der Waals surface area (Å²) in [6.45, 7) is 4.09. The highest BCUT2D eigenvalue weighted by atomic mass is 35.5. The van der Waals surface area contributed by atoms with Crippen LogP contribution >= 0.6 is 46.9 Å². The van der Waals surface area contributed by atoms with Crippen molar-refractivity contribution in [2.45, 2.75) is 32.0 Å². The first-order valence-corrected chi connectivity index (χ1v) is 11.4. The Morgan fingerprint density at radius 1 is 0.967 bits per heavy atom. The standard InChI is InChI=1S/C25H21Cl2NS.ClH/c1-16-24(17-7-3-2-4-8-17)25-21(20-13-19(26)11-12-23(20)29-25)15-28(16)14-18-9-5-6-10-22(18)27;/h2-13,16,24H,14-15H2,1H3;1H. The predicted molar refractivity (Wildman–Crippen MR) is 133 cm³/mol. The third-order valence-electron chi connectivity index (χ3n) is 5.98. The Labute approximate surface area is 197 Å². The Hall–Kier alpha value is -1.55. The topological polar surface area (TPSA) is 3.24 Å². The largest absolute Gasteiger partial charge is 0.291 e. The van der Waals surface area contributed by atoms with Gasteiger partial charge in [0.15, 0.2) is 0 Å².